The Bertz CT molecular complexity index is 451. The summed E-state index contributed by atoms with van der Waals surface area (Å²) in [6.45, 7) is 0.847. The van der Waals surface area contributed by atoms with Crippen LogP contribution in [0.5, 0.6) is 0 Å². The highest BCUT2D eigenvalue weighted by Crippen LogP contribution is 2.19. The van der Waals surface area contributed by atoms with Crippen LogP contribution in [0.1, 0.15) is 18.0 Å². The van der Waals surface area contributed by atoms with Crippen LogP contribution in [0.2, 0.25) is 5.02 Å². The number of ether oxygens (including phenoxy) is 1. The molecule has 7 heteroatoms. The van der Waals surface area contributed by atoms with Crippen molar-refractivity contribution in [1.82, 2.24) is 10.6 Å². The van der Waals surface area contributed by atoms with Crippen LogP contribution in [-0.4, -0.2) is 32.2 Å². The molecule has 3 amide bonds. The van der Waals surface area contributed by atoms with Crippen molar-refractivity contribution >= 4 is 23.5 Å². The molecular formula is C13H18ClN3O3. The van der Waals surface area contributed by atoms with E-state index in [1.165, 1.54) is 0 Å². The Balaban J connectivity index is 2.67. The molecule has 0 aliphatic carbocycles. The third kappa shape index (κ3) is 5.90. The van der Waals surface area contributed by atoms with E-state index in [0.717, 1.165) is 5.56 Å². The maximum atomic E-state index is 11.8. The SMILES string of the molecule is COCCNC(=O)CC(NC(N)=O)c1ccc(Cl)cc1. The highest BCUT2D eigenvalue weighted by molar-refractivity contribution is 6.30. The van der Waals surface area contributed by atoms with E-state index in [4.69, 9.17) is 22.1 Å². The summed E-state index contributed by atoms with van der Waals surface area (Å²) in [5.74, 6) is -0.198. The van der Waals surface area contributed by atoms with Crippen LogP contribution in [0.25, 0.3) is 0 Å². The molecule has 0 saturated heterocycles. The minimum Gasteiger partial charge on any atom is -0.383 e. The number of primary amides is 1. The lowest BCUT2D eigenvalue weighted by Gasteiger charge is -2.17. The van der Waals surface area contributed by atoms with E-state index in [9.17, 15) is 9.59 Å². The highest BCUT2D eigenvalue weighted by atomic mass is 35.5. The van der Waals surface area contributed by atoms with Crippen molar-refractivity contribution in [3.05, 3.63) is 34.9 Å². The Kier molecular flexibility index (Phi) is 6.83. The zero-order valence-corrected chi connectivity index (χ0v) is 11.9. The van der Waals surface area contributed by atoms with E-state index < -0.39 is 12.1 Å². The lowest BCUT2D eigenvalue weighted by atomic mass is 10.0. The fourth-order valence-corrected chi connectivity index (χ4v) is 1.80. The Hall–Kier alpha value is -1.79. The fourth-order valence-electron chi connectivity index (χ4n) is 1.67. The summed E-state index contributed by atoms with van der Waals surface area (Å²) in [4.78, 5) is 22.8. The lowest BCUT2D eigenvalue weighted by molar-refractivity contribution is -0.121. The summed E-state index contributed by atoms with van der Waals surface area (Å²) >= 11 is 5.81. The number of nitrogens with two attached hydrogens (primary N) is 1. The predicted octanol–water partition coefficient (Wildman–Crippen LogP) is 1.20. The number of rotatable bonds is 7. The Morgan fingerprint density at radius 3 is 2.55 bits per heavy atom. The number of carbonyl (C=O) groups is 2. The molecule has 1 rings (SSSR count). The molecule has 0 saturated carbocycles. The number of methoxy groups -OCH3 is 1. The average Bonchev–Trinajstić information content (AvgIpc) is 2.38. The van der Waals surface area contributed by atoms with Gasteiger partial charge in [0, 0.05) is 18.7 Å². The molecule has 110 valence electrons. The van der Waals surface area contributed by atoms with Crippen LogP contribution in [0.3, 0.4) is 0 Å². The molecule has 0 aliphatic rings. The summed E-state index contributed by atoms with van der Waals surface area (Å²) in [6, 6.07) is 5.68. The van der Waals surface area contributed by atoms with Gasteiger partial charge in [-0.2, -0.15) is 0 Å². The minimum absolute atomic E-state index is 0.0916. The van der Waals surface area contributed by atoms with E-state index >= 15 is 0 Å². The van der Waals surface area contributed by atoms with Crippen LogP contribution in [0, 0.1) is 0 Å². The van der Waals surface area contributed by atoms with E-state index in [0.29, 0.717) is 18.2 Å². The first-order valence-electron chi connectivity index (χ1n) is 6.10. The summed E-state index contributed by atoms with van der Waals surface area (Å²) in [5, 5.41) is 5.81. The molecule has 1 aromatic rings. The second-order valence-electron chi connectivity index (χ2n) is 4.16. The number of halogens is 1. The number of nitrogens with one attached hydrogen (secondary N) is 2. The zero-order valence-electron chi connectivity index (χ0n) is 11.2. The largest absolute Gasteiger partial charge is 0.383 e. The predicted molar refractivity (Wildman–Crippen MR) is 76.4 cm³/mol. The number of carbonyl (C=O) groups excluding carboxylic acids is 2. The molecule has 0 aliphatic heterocycles. The van der Waals surface area contributed by atoms with Crippen LogP contribution >= 0.6 is 11.6 Å². The molecular weight excluding hydrogens is 282 g/mol. The van der Waals surface area contributed by atoms with Gasteiger partial charge >= 0.3 is 6.03 Å². The summed E-state index contributed by atoms with van der Waals surface area (Å²) < 4.78 is 4.84. The van der Waals surface area contributed by atoms with Crippen molar-refractivity contribution in [2.45, 2.75) is 12.5 Å². The monoisotopic (exact) mass is 299 g/mol. The smallest absolute Gasteiger partial charge is 0.312 e. The molecule has 0 radical (unpaired) electrons. The van der Waals surface area contributed by atoms with Gasteiger partial charge in [0.05, 0.1) is 19.1 Å². The first-order valence-corrected chi connectivity index (χ1v) is 6.47. The standard InChI is InChI=1S/C13H18ClN3O3/c1-20-7-6-16-12(18)8-11(17-13(15)19)9-2-4-10(14)5-3-9/h2-5,11H,6-8H2,1H3,(H,16,18)(H3,15,17,19). The molecule has 0 heterocycles. The molecule has 20 heavy (non-hydrogen) atoms. The van der Waals surface area contributed by atoms with Crippen LogP contribution in [0.15, 0.2) is 24.3 Å². The molecule has 0 fully saturated rings. The van der Waals surface area contributed by atoms with E-state index in [-0.39, 0.29) is 12.3 Å². The molecule has 0 spiro atoms. The quantitative estimate of drug-likeness (QED) is 0.660. The number of urea groups is 1. The third-order valence-corrected chi connectivity index (χ3v) is 2.86. The van der Waals surface area contributed by atoms with Gasteiger partial charge in [-0.15, -0.1) is 0 Å². The van der Waals surface area contributed by atoms with Crippen molar-refractivity contribution in [2.24, 2.45) is 5.73 Å². The first-order chi connectivity index (χ1) is 9.52. The summed E-state index contributed by atoms with van der Waals surface area (Å²) in [5.41, 5.74) is 5.89. The normalized spacial score (nSPS) is 11.7. The van der Waals surface area contributed by atoms with Crippen LogP contribution in [-0.2, 0) is 9.53 Å². The molecule has 1 aromatic carbocycles. The Morgan fingerprint density at radius 2 is 2.00 bits per heavy atom. The van der Waals surface area contributed by atoms with Crippen molar-refractivity contribution in [3.63, 3.8) is 0 Å². The van der Waals surface area contributed by atoms with Crippen molar-refractivity contribution in [3.8, 4) is 0 Å². The lowest BCUT2D eigenvalue weighted by Crippen LogP contribution is -2.37. The van der Waals surface area contributed by atoms with Gasteiger partial charge in [-0.05, 0) is 17.7 Å². The molecule has 4 N–H and O–H groups in total. The van der Waals surface area contributed by atoms with Crippen molar-refractivity contribution in [2.75, 3.05) is 20.3 Å². The van der Waals surface area contributed by atoms with Crippen molar-refractivity contribution in [1.29, 1.82) is 0 Å². The molecule has 1 atom stereocenters. The molecule has 6 nitrogen and oxygen atoms in total. The minimum atomic E-state index is -0.686. The number of benzene rings is 1. The highest BCUT2D eigenvalue weighted by Gasteiger charge is 2.17. The summed E-state index contributed by atoms with van der Waals surface area (Å²) in [6.07, 6.45) is 0.0916. The van der Waals surface area contributed by atoms with Crippen molar-refractivity contribution < 1.29 is 14.3 Å². The average molecular weight is 300 g/mol. The van der Waals surface area contributed by atoms with E-state index in [2.05, 4.69) is 10.6 Å². The Labute approximate surface area is 122 Å². The van der Waals surface area contributed by atoms with E-state index in [1.807, 2.05) is 0 Å². The second-order valence-corrected chi connectivity index (χ2v) is 4.60. The van der Waals surface area contributed by atoms with Gasteiger partial charge < -0.3 is 21.1 Å². The molecule has 0 aromatic heterocycles. The van der Waals surface area contributed by atoms with Gasteiger partial charge in [-0.25, -0.2) is 4.79 Å². The Morgan fingerprint density at radius 1 is 1.35 bits per heavy atom. The second kappa shape index (κ2) is 8.39. The number of hydrogen-bond donors (Lipinski definition) is 3. The fraction of sp³-hybridized carbons (Fsp3) is 0.385. The third-order valence-electron chi connectivity index (χ3n) is 2.61. The van der Waals surface area contributed by atoms with Gasteiger partial charge in [0.2, 0.25) is 5.91 Å². The van der Waals surface area contributed by atoms with E-state index in [1.54, 1.807) is 31.4 Å². The first kappa shape index (κ1) is 16.3. The van der Waals surface area contributed by atoms with Gasteiger partial charge in [0.1, 0.15) is 0 Å². The van der Waals surface area contributed by atoms with Gasteiger partial charge in [-0.3, -0.25) is 4.79 Å². The van der Waals surface area contributed by atoms with Gasteiger partial charge in [0.25, 0.3) is 0 Å². The van der Waals surface area contributed by atoms with Gasteiger partial charge in [-0.1, -0.05) is 23.7 Å². The molecule has 1 unspecified atom stereocenters. The van der Waals surface area contributed by atoms with Crippen LogP contribution in [0.4, 0.5) is 4.79 Å². The zero-order chi connectivity index (χ0) is 15.0. The van der Waals surface area contributed by atoms with Crippen LogP contribution < -0.4 is 16.4 Å². The van der Waals surface area contributed by atoms with Gasteiger partial charge in [0.15, 0.2) is 0 Å². The maximum Gasteiger partial charge on any atom is 0.312 e. The maximum absolute atomic E-state index is 11.8. The number of hydrogen-bond acceptors (Lipinski definition) is 3. The number of amides is 3. The molecule has 0 bridgehead atoms. The summed E-state index contributed by atoms with van der Waals surface area (Å²) in [7, 11) is 1.55. The topological polar surface area (TPSA) is 93.4 Å².